The topological polar surface area (TPSA) is 114 Å². The molecule has 0 aromatic heterocycles. The summed E-state index contributed by atoms with van der Waals surface area (Å²) in [5.74, 6) is -1.38. The Hall–Kier alpha value is -4.14. The molecule has 1 heterocycles. The normalized spacial score (nSPS) is 14.4. The lowest BCUT2D eigenvalue weighted by Gasteiger charge is -2.10. The lowest BCUT2D eigenvalue weighted by Crippen LogP contribution is -2.36. The number of para-hydroxylation sites is 2. The Kier molecular flexibility index (Phi) is 6.43. The molecule has 30 heavy (non-hydrogen) atoms. The lowest BCUT2D eigenvalue weighted by molar-refractivity contribution is -0.143. The zero-order chi connectivity index (χ0) is 21.5. The first kappa shape index (κ1) is 20.6. The predicted molar refractivity (Wildman–Crippen MR) is 107 cm³/mol. The number of anilines is 1. The van der Waals surface area contributed by atoms with Crippen molar-refractivity contribution < 1.29 is 28.7 Å². The first-order valence-corrected chi connectivity index (χ1v) is 8.96. The highest BCUT2D eigenvalue weighted by molar-refractivity contribution is 6.15. The Bertz CT molecular complexity index is 1000. The SMILES string of the molecule is COC(=O)CN1C(=O)NC(=Cc2ccccc2OCC(=O)Nc2ccccc2)C1=O. The Morgan fingerprint density at radius 3 is 2.50 bits per heavy atom. The maximum atomic E-state index is 12.4. The maximum absolute atomic E-state index is 12.4. The fourth-order valence-electron chi connectivity index (χ4n) is 2.66. The van der Waals surface area contributed by atoms with Crippen LogP contribution in [0.15, 0.2) is 60.3 Å². The van der Waals surface area contributed by atoms with E-state index in [0.717, 1.165) is 4.90 Å². The minimum absolute atomic E-state index is 0.0197. The Morgan fingerprint density at radius 1 is 1.07 bits per heavy atom. The monoisotopic (exact) mass is 409 g/mol. The number of nitrogens with one attached hydrogen (secondary N) is 2. The third-order valence-corrected chi connectivity index (χ3v) is 4.11. The van der Waals surface area contributed by atoms with Gasteiger partial charge in [-0.15, -0.1) is 0 Å². The van der Waals surface area contributed by atoms with Gasteiger partial charge in [-0.25, -0.2) is 9.69 Å². The number of imide groups is 1. The quantitative estimate of drug-likeness (QED) is 0.409. The number of benzene rings is 2. The van der Waals surface area contributed by atoms with E-state index in [2.05, 4.69) is 15.4 Å². The summed E-state index contributed by atoms with van der Waals surface area (Å²) in [6, 6.07) is 15.0. The first-order chi connectivity index (χ1) is 14.5. The molecule has 0 bridgehead atoms. The highest BCUT2D eigenvalue weighted by Gasteiger charge is 2.35. The van der Waals surface area contributed by atoms with Gasteiger partial charge in [-0.05, 0) is 24.3 Å². The molecular formula is C21H19N3O6. The lowest BCUT2D eigenvalue weighted by atomic mass is 10.1. The molecule has 2 N–H and O–H groups in total. The summed E-state index contributed by atoms with van der Waals surface area (Å²) in [5.41, 5.74) is 1.11. The van der Waals surface area contributed by atoms with Crippen molar-refractivity contribution in [1.82, 2.24) is 10.2 Å². The number of ether oxygens (including phenoxy) is 2. The van der Waals surface area contributed by atoms with Crippen LogP contribution in [0.5, 0.6) is 5.75 Å². The molecule has 0 aliphatic carbocycles. The van der Waals surface area contributed by atoms with Crippen LogP contribution in [-0.4, -0.2) is 49.0 Å². The van der Waals surface area contributed by atoms with Crippen LogP contribution in [0.3, 0.4) is 0 Å². The molecule has 1 saturated heterocycles. The largest absolute Gasteiger partial charge is 0.483 e. The van der Waals surface area contributed by atoms with E-state index in [4.69, 9.17) is 4.74 Å². The first-order valence-electron chi connectivity index (χ1n) is 8.96. The molecule has 0 unspecified atom stereocenters. The molecule has 154 valence electrons. The van der Waals surface area contributed by atoms with Crippen molar-refractivity contribution in [1.29, 1.82) is 0 Å². The second-order valence-electron chi connectivity index (χ2n) is 6.20. The number of nitrogens with zero attached hydrogens (tertiary/aromatic N) is 1. The Balaban J connectivity index is 1.69. The molecule has 2 aromatic rings. The van der Waals surface area contributed by atoms with E-state index in [1.54, 1.807) is 48.5 Å². The molecule has 4 amide bonds. The van der Waals surface area contributed by atoms with Crippen molar-refractivity contribution in [2.45, 2.75) is 0 Å². The number of methoxy groups -OCH3 is 1. The van der Waals surface area contributed by atoms with Crippen LogP contribution in [0.2, 0.25) is 0 Å². The van der Waals surface area contributed by atoms with Gasteiger partial charge in [0, 0.05) is 11.3 Å². The van der Waals surface area contributed by atoms with Crippen molar-refractivity contribution in [3.8, 4) is 5.75 Å². The van der Waals surface area contributed by atoms with Gasteiger partial charge in [-0.3, -0.25) is 14.4 Å². The van der Waals surface area contributed by atoms with Crippen LogP contribution in [-0.2, 0) is 19.1 Å². The number of carbonyl (C=O) groups excluding carboxylic acids is 4. The van der Waals surface area contributed by atoms with Crippen LogP contribution >= 0.6 is 0 Å². The molecule has 0 radical (unpaired) electrons. The number of esters is 1. The van der Waals surface area contributed by atoms with Gasteiger partial charge in [0.25, 0.3) is 11.8 Å². The van der Waals surface area contributed by atoms with Gasteiger partial charge in [0.1, 0.15) is 18.0 Å². The van der Waals surface area contributed by atoms with Crippen molar-refractivity contribution in [2.24, 2.45) is 0 Å². The van der Waals surface area contributed by atoms with Crippen molar-refractivity contribution >= 4 is 35.6 Å². The third kappa shape index (κ3) is 5.02. The van der Waals surface area contributed by atoms with Gasteiger partial charge >= 0.3 is 12.0 Å². The fraction of sp³-hybridized carbons (Fsp3) is 0.143. The molecule has 0 atom stereocenters. The highest BCUT2D eigenvalue weighted by Crippen LogP contribution is 2.23. The molecule has 1 aliphatic heterocycles. The van der Waals surface area contributed by atoms with Crippen LogP contribution < -0.4 is 15.4 Å². The van der Waals surface area contributed by atoms with E-state index in [1.165, 1.54) is 13.2 Å². The number of urea groups is 1. The predicted octanol–water partition coefficient (Wildman–Crippen LogP) is 1.77. The van der Waals surface area contributed by atoms with Gasteiger partial charge in [-0.1, -0.05) is 36.4 Å². The molecule has 3 rings (SSSR count). The molecule has 9 nitrogen and oxygen atoms in total. The molecule has 0 saturated carbocycles. The number of amides is 4. The maximum Gasteiger partial charge on any atom is 0.329 e. The van der Waals surface area contributed by atoms with Crippen molar-refractivity contribution in [3.05, 3.63) is 65.9 Å². The molecule has 1 aliphatic rings. The molecular weight excluding hydrogens is 390 g/mol. The summed E-state index contributed by atoms with van der Waals surface area (Å²) in [6.07, 6.45) is 1.42. The van der Waals surface area contributed by atoms with Crippen LogP contribution in [0.1, 0.15) is 5.56 Å². The van der Waals surface area contributed by atoms with Crippen LogP contribution in [0.4, 0.5) is 10.5 Å². The Labute approximate surface area is 172 Å². The van der Waals surface area contributed by atoms with Gasteiger partial charge < -0.3 is 20.1 Å². The summed E-state index contributed by atoms with van der Waals surface area (Å²) in [5, 5.41) is 5.12. The standard InChI is InChI=1S/C21H19N3O6/c1-29-19(26)12-24-20(27)16(23-21(24)28)11-14-7-5-6-10-17(14)30-13-18(25)22-15-8-3-2-4-9-15/h2-11H,12-13H2,1H3,(H,22,25)(H,23,28). The molecule has 9 heteroatoms. The second kappa shape index (κ2) is 9.37. The molecule has 2 aromatic carbocycles. The summed E-state index contributed by atoms with van der Waals surface area (Å²) in [7, 11) is 1.17. The minimum Gasteiger partial charge on any atom is -0.483 e. The van der Waals surface area contributed by atoms with Crippen molar-refractivity contribution in [2.75, 3.05) is 25.6 Å². The Morgan fingerprint density at radius 2 is 1.77 bits per heavy atom. The van der Waals surface area contributed by atoms with E-state index in [0.29, 0.717) is 17.0 Å². The number of hydrogen-bond acceptors (Lipinski definition) is 6. The second-order valence-corrected chi connectivity index (χ2v) is 6.20. The zero-order valence-electron chi connectivity index (χ0n) is 16.1. The van der Waals surface area contributed by atoms with Gasteiger partial charge in [-0.2, -0.15) is 0 Å². The summed E-state index contributed by atoms with van der Waals surface area (Å²) < 4.78 is 10.1. The highest BCUT2D eigenvalue weighted by atomic mass is 16.5. The smallest absolute Gasteiger partial charge is 0.329 e. The van der Waals surface area contributed by atoms with E-state index >= 15 is 0 Å². The number of hydrogen-bond donors (Lipinski definition) is 2. The van der Waals surface area contributed by atoms with Crippen LogP contribution in [0.25, 0.3) is 6.08 Å². The summed E-state index contributed by atoms with van der Waals surface area (Å²) in [4.78, 5) is 48.6. The third-order valence-electron chi connectivity index (χ3n) is 4.11. The average molecular weight is 409 g/mol. The number of rotatable bonds is 7. The average Bonchev–Trinajstić information content (AvgIpc) is 3.01. The minimum atomic E-state index is -0.725. The van der Waals surface area contributed by atoms with Crippen LogP contribution in [0, 0.1) is 0 Å². The van der Waals surface area contributed by atoms with Gasteiger partial charge in [0.05, 0.1) is 7.11 Å². The summed E-state index contributed by atoms with van der Waals surface area (Å²) >= 11 is 0. The van der Waals surface area contributed by atoms with E-state index in [-0.39, 0.29) is 18.2 Å². The summed E-state index contributed by atoms with van der Waals surface area (Å²) in [6.45, 7) is -0.736. The van der Waals surface area contributed by atoms with E-state index in [1.807, 2.05) is 6.07 Å². The zero-order valence-corrected chi connectivity index (χ0v) is 16.1. The molecule has 0 spiro atoms. The van der Waals surface area contributed by atoms with Crippen molar-refractivity contribution in [3.63, 3.8) is 0 Å². The van der Waals surface area contributed by atoms with Gasteiger partial charge in [0.2, 0.25) is 0 Å². The fourth-order valence-corrected chi connectivity index (χ4v) is 2.66. The van der Waals surface area contributed by atoms with Gasteiger partial charge in [0.15, 0.2) is 6.61 Å². The number of carbonyl (C=O) groups is 4. The van der Waals surface area contributed by atoms with E-state index in [9.17, 15) is 19.2 Å². The molecule has 1 fully saturated rings. The van der Waals surface area contributed by atoms with E-state index < -0.39 is 24.5 Å².